The van der Waals surface area contributed by atoms with Crippen LogP contribution in [0.25, 0.3) is 0 Å². The molecule has 0 aromatic carbocycles. The fraction of sp³-hybridized carbons (Fsp3) is 0.833. The number of oxime groups is 1. The van der Waals surface area contributed by atoms with Gasteiger partial charge in [0.1, 0.15) is 5.41 Å². The second kappa shape index (κ2) is 5.14. The van der Waals surface area contributed by atoms with Crippen molar-refractivity contribution < 1.29 is 14.7 Å². The zero-order chi connectivity index (χ0) is 14.0. The van der Waals surface area contributed by atoms with Crippen LogP contribution in [-0.4, -0.2) is 47.7 Å². The monoisotopic (exact) mass is 257 g/mol. The van der Waals surface area contributed by atoms with E-state index in [4.69, 9.17) is 15.7 Å². The summed E-state index contributed by atoms with van der Waals surface area (Å²) in [5.74, 6) is -0.210. The van der Waals surface area contributed by atoms with Gasteiger partial charge in [-0.05, 0) is 33.6 Å². The molecule has 1 amide bonds. The summed E-state index contributed by atoms with van der Waals surface area (Å²) in [6, 6.07) is 0. The van der Waals surface area contributed by atoms with Crippen molar-refractivity contribution in [2.45, 2.75) is 39.2 Å². The molecule has 6 heteroatoms. The van der Waals surface area contributed by atoms with Crippen molar-refractivity contribution in [3.8, 4) is 0 Å². The Morgan fingerprint density at radius 2 is 2.17 bits per heavy atom. The van der Waals surface area contributed by atoms with Crippen LogP contribution in [0.15, 0.2) is 5.16 Å². The minimum absolute atomic E-state index is 0.0720. The van der Waals surface area contributed by atoms with Crippen LogP contribution >= 0.6 is 0 Å². The normalized spacial score (nSPS) is 26.2. The summed E-state index contributed by atoms with van der Waals surface area (Å²) in [5, 5.41) is 11.7. The molecule has 3 N–H and O–H groups in total. The van der Waals surface area contributed by atoms with E-state index in [1.54, 1.807) is 25.9 Å². The molecule has 6 nitrogen and oxygen atoms in total. The van der Waals surface area contributed by atoms with Crippen molar-refractivity contribution in [1.29, 1.82) is 0 Å². The lowest BCUT2D eigenvalue weighted by molar-refractivity contribution is -0.145. The Balaban J connectivity index is 2.85. The molecule has 0 aromatic heterocycles. The van der Waals surface area contributed by atoms with Crippen LogP contribution in [0.5, 0.6) is 0 Å². The highest BCUT2D eigenvalue weighted by Gasteiger charge is 2.41. The average molecular weight is 257 g/mol. The molecule has 1 unspecified atom stereocenters. The lowest BCUT2D eigenvalue weighted by Gasteiger charge is -2.42. The van der Waals surface area contributed by atoms with E-state index in [2.05, 4.69) is 5.16 Å². The number of likely N-dealkylation sites (tertiary alicyclic amines) is 1. The maximum Gasteiger partial charge on any atom is 0.236 e. The van der Waals surface area contributed by atoms with Gasteiger partial charge >= 0.3 is 0 Å². The Hall–Kier alpha value is -1.30. The Morgan fingerprint density at radius 1 is 1.56 bits per heavy atom. The van der Waals surface area contributed by atoms with Gasteiger partial charge in [-0.1, -0.05) is 5.16 Å². The van der Waals surface area contributed by atoms with Crippen LogP contribution in [0.3, 0.4) is 0 Å². The molecule has 1 atom stereocenters. The number of amidine groups is 1. The summed E-state index contributed by atoms with van der Waals surface area (Å²) >= 11 is 0. The fourth-order valence-corrected chi connectivity index (χ4v) is 2.18. The smallest absolute Gasteiger partial charge is 0.236 e. The van der Waals surface area contributed by atoms with Crippen LogP contribution in [0.2, 0.25) is 0 Å². The summed E-state index contributed by atoms with van der Waals surface area (Å²) in [4.78, 5) is 14.1. The Labute approximate surface area is 108 Å². The van der Waals surface area contributed by atoms with E-state index in [0.29, 0.717) is 13.1 Å². The molecule has 0 aliphatic carbocycles. The van der Waals surface area contributed by atoms with Crippen molar-refractivity contribution >= 4 is 11.7 Å². The number of ether oxygens (including phenoxy) is 1. The maximum absolute atomic E-state index is 12.4. The number of nitrogens with zero attached hydrogens (tertiary/aromatic N) is 2. The molecule has 0 spiro atoms. The first-order valence-electron chi connectivity index (χ1n) is 6.09. The molecule has 0 bridgehead atoms. The first-order valence-corrected chi connectivity index (χ1v) is 6.09. The average Bonchev–Trinajstić information content (AvgIpc) is 2.36. The standard InChI is InChI=1S/C12H23N3O3/c1-11(2,9(13)14-17)10(16)15-7-5-6-12(3,8-15)18-4/h17H,5-8H2,1-4H3,(H2,13,14). The quantitative estimate of drug-likeness (QED) is 0.338. The van der Waals surface area contributed by atoms with Crippen molar-refractivity contribution in [2.24, 2.45) is 16.3 Å². The number of hydrogen-bond donors (Lipinski definition) is 2. The molecule has 1 fully saturated rings. The highest BCUT2D eigenvalue weighted by molar-refractivity contribution is 6.05. The highest BCUT2D eigenvalue weighted by atomic mass is 16.5. The fourth-order valence-electron chi connectivity index (χ4n) is 2.18. The zero-order valence-electron chi connectivity index (χ0n) is 11.6. The lowest BCUT2D eigenvalue weighted by atomic mass is 9.87. The SMILES string of the molecule is COC1(C)CCCN(C(=O)C(C)(C)C(N)=NO)C1. The van der Waals surface area contributed by atoms with Crippen LogP contribution in [-0.2, 0) is 9.53 Å². The predicted molar refractivity (Wildman–Crippen MR) is 68.4 cm³/mol. The molecule has 0 saturated carbocycles. The molecule has 1 saturated heterocycles. The summed E-state index contributed by atoms with van der Waals surface area (Å²) < 4.78 is 5.45. The molecule has 1 aliphatic heterocycles. The van der Waals surface area contributed by atoms with E-state index in [1.807, 2.05) is 6.92 Å². The van der Waals surface area contributed by atoms with Gasteiger partial charge in [-0.15, -0.1) is 0 Å². The van der Waals surface area contributed by atoms with Crippen molar-refractivity contribution in [2.75, 3.05) is 20.2 Å². The van der Waals surface area contributed by atoms with E-state index >= 15 is 0 Å². The van der Waals surface area contributed by atoms with Gasteiger partial charge in [-0.2, -0.15) is 0 Å². The van der Waals surface area contributed by atoms with Gasteiger partial charge in [-0.25, -0.2) is 0 Å². The molecule has 104 valence electrons. The third-order valence-electron chi connectivity index (χ3n) is 3.72. The van der Waals surface area contributed by atoms with E-state index < -0.39 is 5.41 Å². The Kier molecular flexibility index (Phi) is 4.21. The van der Waals surface area contributed by atoms with Gasteiger partial charge in [0.05, 0.1) is 5.60 Å². The topological polar surface area (TPSA) is 88.2 Å². The molecule has 0 radical (unpaired) electrons. The van der Waals surface area contributed by atoms with Gasteiger partial charge in [0, 0.05) is 20.2 Å². The Bertz CT molecular complexity index is 354. The highest BCUT2D eigenvalue weighted by Crippen LogP contribution is 2.28. The Morgan fingerprint density at radius 3 is 2.67 bits per heavy atom. The first kappa shape index (κ1) is 14.8. The van der Waals surface area contributed by atoms with E-state index in [-0.39, 0.29) is 17.3 Å². The number of amides is 1. The van der Waals surface area contributed by atoms with Gasteiger partial charge in [-0.3, -0.25) is 4.79 Å². The summed E-state index contributed by atoms with van der Waals surface area (Å²) in [7, 11) is 1.66. The van der Waals surface area contributed by atoms with Crippen LogP contribution < -0.4 is 5.73 Å². The van der Waals surface area contributed by atoms with Gasteiger partial charge in [0.15, 0.2) is 5.84 Å². The van der Waals surface area contributed by atoms with Crippen LogP contribution in [0.4, 0.5) is 0 Å². The summed E-state index contributed by atoms with van der Waals surface area (Å²) in [5.41, 5.74) is 4.27. The molecular formula is C12H23N3O3. The van der Waals surface area contributed by atoms with Crippen LogP contribution in [0.1, 0.15) is 33.6 Å². The number of rotatable bonds is 3. The number of methoxy groups -OCH3 is 1. The summed E-state index contributed by atoms with van der Waals surface area (Å²) in [6.07, 6.45) is 1.82. The molecule has 0 aromatic rings. The third kappa shape index (κ3) is 2.75. The first-order chi connectivity index (χ1) is 8.27. The summed E-state index contributed by atoms with van der Waals surface area (Å²) in [6.45, 7) is 6.51. The lowest BCUT2D eigenvalue weighted by Crippen LogP contribution is -2.55. The number of piperidine rings is 1. The van der Waals surface area contributed by atoms with Crippen LogP contribution in [0, 0.1) is 5.41 Å². The molecular weight excluding hydrogens is 234 g/mol. The molecule has 1 rings (SSSR count). The molecule has 18 heavy (non-hydrogen) atoms. The van der Waals surface area contributed by atoms with Crippen molar-refractivity contribution in [3.05, 3.63) is 0 Å². The molecule has 1 aliphatic rings. The van der Waals surface area contributed by atoms with E-state index in [0.717, 1.165) is 12.8 Å². The molecule has 1 heterocycles. The van der Waals surface area contributed by atoms with Gasteiger partial charge in [0.25, 0.3) is 0 Å². The number of nitrogens with two attached hydrogens (primary N) is 1. The van der Waals surface area contributed by atoms with E-state index in [9.17, 15) is 4.79 Å². The predicted octanol–water partition coefficient (Wildman–Crippen LogP) is 0.786. The second-order valence-electron chi connectivity index (χ2n) is 5.59. The largest absolute Gasteiger partial charge is 0.409 e. The number of carbonyl (C=O) groups is 1. The van der Waals surface area contributed by atoms with Crippen molar-refractivity contribution in [3.63, 3.8) is 0 Å². The number of carbonyl (C=O) groups excluding carboxylic acids is 1. The minimum Gasteiger partial charge on any atom is -0.409 e. The zero-order valence-corrected chi connectivity index (χ0v) is 11.6. The third-order valence-corrected chi connectivity index (χ3v) is 3.72. The number of hydrogen-bond acceptors (Lipinski definition) is 4. The second-order valence-corrected chi connectivity index (χ2v) is 5.59. The van der Waals surface area contributed by atoms with Gasteiger partial charge in [0.2, 0.25) is 5.91 Å². The van der Waals surface area contributed by atoms with Gasteiger partial charge < -0.3 is 20.6 Å². The maximum atomic E-state index is 12.4. The van der Waals surface area contributed by atoms with E-state index in [1.165, 1.54) is 0 Å². The minimum atomic E-state index is -0.999. The van der Waals surface area contributed by atoms with Crippen molar-refractivity contribution in [1.82, 2.24) is 4.90 Å².